The second-order valence-electron chi connectivity index (χ2n) is 5.77. The molecule has 1 aliphatic heterocycles. The van der Waals surface area contributed by atoms with Gasteiger partial charge in [0.15, 0.2) is 5.82 Å². The lowest BCUT2D eigenvalue weighted by atomic mass is 10.2. The van der Waals surface area contributed by atoms with Gasteiger partial charge < -0.3 is 23.9 Å². The summed E-state index contributed by atoms with van der Waals surface area (Å²) in [7, 11) is 1.60. The van der Waals surface area contributed by atoms with Crippen LogP contribution in [0.25, 0.3) is 11.0 Å². The number of hydrogen-bond donors (Lipinski definition) is 1. The Balaban J connectivity index is 1.44. The molecule has 1 unspecified atom stereocenters. The number of H-pyrrole nitrogens is 1. The van der Waals surface area contributed by atoms with Crippen molar-refractivity contribution in [2.24, 2.45) is 0 Å². The van der Waals surface area contributed by atoms with Crippen molar-refractivity contribution >= 4 is 16.9 Å². The summed E-state index contributed by atoms with van der Waals surface area (Å²) in [4.78, 5) is 14.4. The van der Waals surface area contributed by atoms with Gasteiger partial charge >= 0.3 is 0 Å². The van der Waals surface area contributed by atoms with E-state index in [2.05, 4.69) is 31.1 Å². The van der Waals surface area contributed by atoms with Gasteiger partial charge in [0, 0.05) is 31.8 Å². The summed E-state index contributed by atoms with van der Waals surface area (Å²) in [6, 6.07) is 6.14. The van der Waals surface area contributed by atoms with Crippen LogP contribution in [0, 0.1) is 0 Å². The Labute approximate surface area is 138 Å². The first-order valence-corrected chi connectivity index (χ1v) is 7.93. The van der Waals surface area contributed by atoms with Crippen LogP contribution in [-0.2, 0) is 22.5 Å². The summed E-state index contributed by atoms with van der Waals surface area (Å²) in [6.45, 7) is 2.55. The normalized spacial score (nSPS) is 18.4. The number of aromatic nitrogens is 4. The summed E-state index contributed by atoms with van der Waals surface area (Å²) in [5.41, 5.74) is 0.900. The number of anilines is 1. The van der Waals surface area contributed by atoms with Crippen LogP contribution in [0.15, 0.2) is 28.9 Å². The van der Waals surface area contributed by atoms with Crippen LogP contribution in [0.4, 0.5) is 5.82 Å². The summed E-state index contributed by atoms with van der Waals surface area (Å²) in [6.07, 6.45) is 2.48. The van der Waals surface area contributed by atoms with E-state index in [1.807, 2.05) is 18.3 Å². The lowest BCUT2D eigenvalue weighted by Crippen LogP contribution is -2.43. The summed E-state index contributed by atoms with van der Waals surface area (Å²) in [5, 5.41) is 4.99. The minimum atomic E-state index is -0.00395. The molecule has 1 aliphatic rings. The number of nitrogens with one attached hydrogen (secondary N) is 1. The molecule has 0 amide bonds. The van der Waals surface area contributed by atoms with Crippen LogP contribution >= 0.6 is 0 Å². The Morgan fingerprint density at radius 3 is 3.21 bits per heavy atom. The standard InChI is InChI=1S/C16H19N5O3/c1-22-10-13-18-15(24-20-13)8-12-9-21(6-7-23-12)14-3-2-11-4-5-17-16(11)19-14/h2-5,12H,6-10H2,1H3,(H,17,19). The highest BCUT2D eigenvalue weighted by atomic mass is 16.5. The molecule has 1 fully saturated rings. The first-order valence-electron chi connectivity index (χ1n) is 7.93. The van der Waals surface area contributed by atoms with Gasteiger partial charge in [-0.05, 0) is 18.2 Å². The van der Waals surface area contributed by atoms with Crippen molar-refractivity contribution in [2.45, 2.75) is 19.1 Å². The molecule has 4 rings (SSSR count). The van der Waals surface area contributed by atoms with Crippen LogP contribution in [0.1, 0.15) is 11.7 Å². The Bertz CT molecular complexity index is 815. The van der Waals surface area contributed by atoms with Gasteiger partial charge in [-0.25, -0.2) is 4.98 Å². The number of methoxy groups -OCH3 is 1. The fourth-order valence-corrected chi connectivity index (χ4v) is 2.90. The highest BCUT2D eigenvalue weighted by Gasteiger charge is 2.24. The molecule has 3 aromatic rings. The minimum Gasteiger partial charge on any atom is -0.377 e. The van der Waals surface area contributed by atoms with Gasteiger partial charge in [0.1, 0.15) is 18.1 Å². The van der Waals surface area contributed by atoms with Crippen LogP contribution in [0.2, 0.25) is 0 Å². The molecule has 4 heterocycles. The number of nitrogens with zero attached hydrogens (tertiary/aromatic N) is 4. The molecule has 24 heavy (non-hydrogen) atoms. The van der Waals surface area contributed by atoms with Gasteiger partial charge in [0.05, 0.1) is 19.1 Å². The average molecular weight is 329 g/mol. The van der Waals surface area contributed by atoms with Gasteiger partial charge in [-0.15, -0.1) is 0 Å². The van der Waals surface area contributed by atoms with Crippen LogP contribution in [0.5, 0.6) is 0 Å². The molecule has 0 spiro atoms. The smallest absolute Gasteiger partial charge is 0.229 e. The van der Waals surface area contributed by atoms with Gasteiger partial charge in [-0.3, -0.25) is 0 Å². The fraction of sp³-hybridized carbons (Fsp3) is 0.438. The zero-order valence-corrected chi connectivity index (χ0v) is 13.4. The predicted molar refractivity (Wildman–Crippen MR) is 86.8 cm³/mol. The number of hydrogen-bond acceptors (Lipinski definition) is 7. The number of rotatable bonds is 5. The molecule has 1 N–H and O–H groups in total. The maximum atomic E-state index is 5.84. The van der Waals surface area contributed by atoms with E-state index in [4.69, 9.17) is 14.0 Å². The highest BCUT2D eigenvalue weighted by molar-refractivity contribution is 5.77. The molecule has 8 nitrogen and oxygen atoms in total. The van der Waals surface area contributed by atoms with E-state index in [9.17, 15) is 0 Å². The summed E-state index contributed by atoms with van der Waals surface area (Å²) < 4.78 is 16.1. The maximum absolute atomic E-state index is 5.84. The third kappa shape index (κ3) is 3.10. The average Bonchev–Trinajstić information content (AvgIpc) is 3.24. The number of ether oxygens (including phenoxy) is 2. The topological polar surface area (TPSA) is 89.3 Å². The predicted octanol–water partition coefficient (Wildman–Crippen LogP) is 1.54. The van der Waals surface area contributed by atoms with Crippen molar-refractivity contribution in [3.8, 4) is 0 Å². The van der Waals surface area contributed by atoms with Crippen molar-refractivity contribution < 1.29 is 14.0 Å². The third-order valence-corrected chi connectivity index (χ3v) is 4.04. The van der Waals surface area contributed by atoms with E-state index in [-0.39, 0.29) is 6.10 Å². The van der Waals surface area contributed by atoms with Gasteiger partial charge in [-0.1, -0.05) is 5.16 Å². The van der Waals surface area contributed by atoms with E-state index in [1.54, 1.807) is 7.11 Å². The molecule has 3 aromatic heterocycles. The molecule has 8 heteroatoms. The van der Waals surface area contributed by atoms with Gasteiger partial charge in [0.25, 0.3) is 0 Å². The van der Waals surface area contributed by atoms with Crippen molar-refractivity contribution in [1.82, 2.24) is 20.1 Å². The summed E-state index contributed by atoms with van der Waals surface area (Å²) in [5.74, 6) is 2.07. The van der Waals surface area contributed by atoms with E-state index >= 15 is 0 Å². The van der Waals surface area contributed by atoms with Gasteiger partial charge in [0.2, 0.25) is 5.89 Å². The molecule has 0 aromatic carbocycles. The lowest BCUT2D eigenvalue weighted by molar-refractivity contribution is 0.0359. The lowest BCUT2D eigenvalue weighted by Gasteiger charge is -2.33. The SMILES string of the molecule is COCc1noc(CC2CN(c3ccc4cc[nH]c4n3)CCO2)n1. The maximum Gasteiger partial charge on any atom is 0.229 e. The first-order chi connectivity index (χ1) is 11.8. The molecular formula is C16H19N5O3. The highest BCUT2D eigenvalue weighted by Crippen LogP contribution is 2.20. The van der Waals surface area contributed by atoms with Crippen LogP contribution < -0.4 is 4.90 Å². The van der Waals surface area contributed by atoms with E-state index in [0.29, 0.717) is 31.3 Å². The minimum absolute atomic E-state index is 0.00395. The van der Waals surface area contributed by atoms with Crippen molar-refractivity contribution in [2.75, 3.05) is 31.7 Å². The second-order valence-corrected chi connectivity index (χ2v) is 5.77. The number of aromatic amines is 1. The van der Waals surface area contributed by atoms with Crippen LogP contribution in [0.3, 0.4) is 0 Å². The molecule has 0 saturated carbocycles. The van der Waals surface area contributed by atoms with Crippen molar-refractivity contribution in [3.05, 3.63) is 36.1 Å². The quantitative estimate of drug-likeness (QED) is 0.759. The monoisotopic (exact) mass is 329 g/mol. The number of fused-ring (bicyclic) bond motifs is 1. The molecule has 0 aliphatic carbocycles. The third-order valence-electron chi connectivity index (χ3n) is 4.04. The summed E-state index contributed by atoms with van der Waals surface area (Å²) >= 11 is 0. The van der Waals surface area contributed by atoms with Crippen molar-refractivity contribution in [3.63, 3.8) is 0 Å². The van der Waals surface area contributed by atoms with E-state index < -0.39 is 0 Å². The Kier molecular flexibility index (Phi) is 4.14. The largest absolute Gasteiger partial charge is 0.377 e. The van der Waals surface area contributed by atoms with Crippen LogP contribution in [-0.4, -0.2) is 53.0 Å². The molecule has 126 valence electrons. The zero-order valence-electron chi connectivity index (χ0n) is 13.4. The van der Waals surface area contributed by atoms with Gasteiger partial charge in [-0.2, -0.15) is 4.98 Å². The molecule has 0 radical (unpaired) electrons. The second kappa shape index (κ2) is 6.58. The van der Waals surface area contributed by atoms with E-state index in [0.717, 1.165) is 29.9 Å². The van der Waals surface area contributed by atoms with E-state index in [1.165, 1.54) is 0 Å². The molecular weight excluding hydrogens is 310 g/mol. The Hall–Kier alpha value is -2.45. The first kappa shape index (κ1) is 15.1. The molecule has 1 saturated heterocycles. The Morgan fingerprint density at radius 1 is 1.33 bits per heavy atom. The zero-order chi connectivity index (χ0) is 16.4. The van der Waals surface area contributed by atoms with Crippen molar-refractivity contribution in [1.29, 1.82) is 0 Å². The number of morpholine rings is 1. The molecule has 0 bridgehead atoms. The fourth-order valence-electron chi connectivity index (χ4n) is 2.90. The molecule has 1 atom stereocenters. The number of pyridine rings is 1. The Morgan fingerprint density at radius 2 is 2.29 bits per heavy atom.